The van der Waals surface area contributed by atoms with Gasteiger partial charge in [-0.25, -0.2) is 9.48 Å². The zero-order valence-corrected chi connectivity index (χ0v) is 19.2. The maximum atomic E-state index is 12.5. The van der Waals surface area contributed by atoms with Gasteiger partial charge in [0.25, 0.3) is 5.91 Å². The van der Waals surface area contributed by atoms with Crippen LogP contribution in [0.1, 0.15) is 16.1 Å². The lowest BCUT2D eigenvalue weighted by Gasteiger charge is -2.07. The van der Waals surface area contributed by atoms with Crippen LogP contribution in [0.2, 0.25) is 0 Å². The summed E-state index contributed by atoms with van der Waals surface area (Å²) in [6.07, 6.45) is 1.73. The van der Waals surface area contributed by atoms with E-state index in [4.69, 9.17) is 9.15 Å². The lowest BCUT2D eigenvalue weighted by molar-refractivity contribution is 0.102. The number of nitrogens with zero attached hydrogens (tertiary/aromatic N) is 3. The maximum Gasteiger partial charge on any atom is 0.339 e. The Hall–Kier alpha value is -4.24. The number of fused-ring (bicyclic) bond motifs is 1. The van der Waals surface area contributed by atoms with Gasteiger partial charge in [0.05, 0.1) is 23.3 Å². The number of hydrogen-bond donors (Lipinski definition) is 1. The molecule has 0 unspecified atom stereocenters. The van der Waals surface area contributed by atoms with Crippen molar-refractivity contribution in [1.29, 1.82) is 0 Å². The van der Waals surface area contributed by atoms with Gasteiger partial charge in [-0.1, -0.05) is 33.3 Å². The van der Waals surface area contributed by atoms with Crippen LogP contribution in [0.5, 0.6) is 5.75 Å². The Morgan fingerprint density at radius 2 is 1.79 bits per heavy atom. The fourth-order valence-corrected chi connectivity index (χ4v) is 3.61. The Morgan fingerprint density at radius 1 is 1.03 bits per heavy atom. The zero-order valence-electron chi connectivity index (χ0n) is 17.6. The number of nitrogens with one attached hydrogen (secondary N) is 1. The van der Waals surface area contributed by atoms with Crippen LogP contribution in [0.25, 0.3) is 16.7 Å². The Kier molecular flexibility index (Phi) is 5.92. The molecule has 0 atom stereocenters. The van der Waals surface area contributed by atoms with E-state index in [1.165, 1.54) is 6.07 Å². The molecule has 168 valence electrons. The molecule has 0 aliphatic carbocycles. The molecule has 0 saturated heterocycles. The van der Waals surface area contributed by atoms with Crippen molar-refractivity contribution in [1.82, 2.24) is 15.0 Å². The smallest absolute Gasteiger partial charge is 0.339 e. The first-order valence-electron chi connectivity index (χ1n) is 10.3. The average molecular weight is 517 g/mol. The predicted octanol–water partition coefficient (Wildman–Crippen LogP) is 4.97. The quantitative estimate of drug-likeness (QED) is 0.320. The molecule has 2 heterocycles. The van der Waals surface area contributed by atoms with E-state index in [0.717, 1.165) is 10.2 Å². The standard InChI is InChI=1S/C25H17BrN4O4/c26-17-7-9-18(10-8-17)27-25(32)16-5-11-20(12-6-16)30-14-19(28-29-30)15-33-23-13-24(31)34-22-4-2-1-3-21(22)23/h1-14H,15H2,(H,27,32). The molecule has 0 saturated carbocycles. The molecule has 0 aliphatic rings. The summed E-state index contributed by atoms with van der Waals surface area (Å²) in [4.78, 5) is 24.3. The third-order valence-electron chi connectivity index (χ3n) is 5.02. The number of halogens is 1. The second kappa shape index (κ2) is 9.32. The molecule has 2 aromatic heterocycles. The number of carbonyl (C=O) groups is 1. The van der Waals surface area contributed by atoms with Crippen molar-refractivity contribution in [2.75, 3.05) is 5.32 Å². The number of para-hydroxylation sites is 1. The summed E-state index contributed by atoms with van der Waals surface area (Å²) < 4.78 is 13.5. The van der Waals surface area contributed by atoms with Gasteiger partial charge in [0, 0.05) is 15.7 Å². The largest absolute Gasteiger partial charge is 0.486 e. The molecule has 0 radical (unpaired) electrons. The van der Waals surface area contributed by atoms with Gasteiger partial charge in [-0.15, -0.1) is 5.10 Å². The molecular weight excluding hydrogens is 500 g/mol. The lowest BCUT2D eigenvalue weighted by Crippen LogP contribution is -2.11. The number of ether oxygens (including phenoxy) is 1. The predicted molar refractivity (Wildman–Crippen MR) is 130 cm³/mol. The van der Waals surface area contributed by atoms with Crippen LogP contribution in [0.4, 0.5) is 5.69 Å². The summed E-state index contributed by atoms with van der Waals surface area (Å²) in [5, 5.41) is 11.8. The molecule has 0 fully saturated rings. The van der Waals surface area contributed by atoms with E-state index in [1.807, 2.05) is 36.4 Å². The number of carbonyl (C=O) groups excluding carboxylic acids is 1. The van der Waals surface area contributed by atoms with Crippen LogP contribution in [0, 0.1) is 0 Å². The molecule has 3 aromatic carbocycles. The normalized spacial score (nSPS) is 10.9. The van der Waals surface area contributed by atoms with Gasteiger partial charge in [0.2, 0.25) is 0 Å². The van der Waals surface area contributed by atoms with Crippen LogP contribution in [0.15, 0.2) is 98.7 Å². The number of hydrogen-bond acceptors (Lipinski definition) is 6. The molecule has 1 N–H and O–H groups in total. The highest BCUT2D eigenvalue weighted by Crippen LogP contribution is 2.24. The number of amides is 1. The van der Waals surface area contributed by atoms with Crippen molar-refractivity contribution in [2.45, 2.75) is 6.61 Å². The van der Waals surface area contributed by atoms with Gasteiger partial charge in [-0.05, 0) is 60.7 Å². The van der Waals surface area contributed by atoms with E-state index >= 15 is 0 Å². The fraction of sp³-hybridized carbons (Fsp3) is 0.0400. The molecule has 5 rings (SSSR count). The minimum absolute atomic E-state index is 0.126. The highest BCUT2D eigenvalue weighted by molar-refractivity contribution is 9.10. The van der Waals surface area contributed by atoms with Gasteiger partial charge in [-0.2, -0.15) is 0 Å². The Bertz CT molecular complexity index is 1530. The van der Waals surface area contributed by atoms with Crippen LogP contribution < -0.4 is 15.7 Å². The third-order valence-corrected chi connectivity index (χ3v) is 5.55. The van der Waals surface area contributed by atoms with Gasteiger partial charge in [0.1, 0.15) is 23.6 Å². The zero-order chi connectivity index (χ0) is 23.5. The van der Waals surface area contributed by atoms with Crippen LogP contribution in [-0.2, 0) is 6.61 Å². The van der Waals surface area contributed by atoms with Gasteiger partial charge >= 0.3 is 5.63 Å². The van der Waals surface area contributed by atoms with E-state index in [2.05, 4.69) is 31.6 Å². The fourth-order valence-electron chi connectivity index (χ4n) is 3.35. The molecule has 9 heteroatoms. The lowest BCUT2D eigenvalue weighted by atomic mass is 10.2. The van der Waals surface area contributed by atoms with Gasteiger partial charge in [0.15, 0.2) is 0 Å². The van der Waals surface area contributed by atoms with Crippen molar-refractivity contribution >= 4 is 38.5 Å². The van der Waals surface area contributed by atoms with Crippen molar-refractivity contribution in [3.63, 3.8) is 0 Å². The maximum absolute atomic E-state index is 12.5. The Morgan fingerprint density at radius 3 is 2.59 bits per heavy atom. The molecule has 34 heavy (non-hydrogen) atoms. The molecule has 5 aromatic rings. The first kappa shape index (κ1) is 21.6. The Balaban J connectivity index is 1.26. The number of benzene rings is 3. The Labute approximate surface area is 201 Å². The van der Waals surface area contributed by atoms with Crippen molar-refractivity contribution in [2.24, 2.45) is 0 Å². The topological polar surface area (TPSA) is 99.2 Å². The minimum Gasteiger partial charge on any atom is -0.486 e. The van der Waals surface area contributed by atoms with Crippen LogP contribution >= 0.6 is 15.9 Å². The SMILES string of the molecule is O=C(Nc1ccc(Br)cc1)c1ccc(-n2cc(COc3cc(=O)oc4ccccc34)nn2)cc1. The molecule has 8 nitrogen and oxygen atoms in total. The molecule has 0 aliphatic heterocycles. The summed E-state index contributed by atoms with van der Waals surface area (Å²) in [6, 6.07) is 22.8. The summed E-state index contributed by atoms with van der Waals surface area (Å²) in [6.45, 7) is 0.126. The molecular formula is C25H17BrN4O4. The van der Waals surface area contributed by atoms with E-state index < -0.39 is 5.63 Å². The first-order chi connectivity index (χ1) is 16.5. The summed E-state index contributed by atoms with van der Waals surface area (Å²) in [7, 11) is 0. The van der Waals surface area contributed by atoms with E-state index in [1.54, 1.807) is 47.3 Å². The van der Waals surface area contributed by atoms with Gasteiger partial charge < -0.3 is 14.5 Å². The second-order valence-corrected chi connectivity index (χ2v) is 8.29. The van der Waals surface area contributed by atoms with Crippen molar-refractivity contribution < 1.29 is 13.9 Å². The van der Waals surface area contributed by atoms with Gasteiger partial charge in [-0.3, -0.25) is 4.79 Å². The monoisotopic (exact) mass is 516 g/mol. The van der Waals surface area contributed by atoms with Crippen molar-refractivity contribution in [3.8, 4) is 11.4 Å². The molecule has 0 spiro atoms. The second-order valence-electron chi connectivity index (χ2n) is 7.38. The highest BCUT2D eigenvalue weighted by Gasteiger charge is 2.10. The highest BCUT2D eigenvalue weighted by atomic mass is 79.9. The van der Waals surface area contributed by atoms with Crippen LogP contribution in [0.3, 0.4) is 0 Å². The van der Waals surface area contributed by atoms with E-state index in [0.29, 0.717) is 33.7 Å². The summed E-state index contributed by atoms with van der Waals surface area (Å²) >= 11 is 3.37. The number of anilines is 1. The summed E-state index contributed by atoms with van der Waals surface area (Å²) in [5.74, 6) is 0.212. The average Bonchev–Trinajstić information content (AvgIpc) is 3.33. The first-order valence-corrected chi connectivity index (χ1v) is 11.1. The number of rotatable bonds is 6. The van der Waals surface area contributed by atoms with E-state index in [9.17, 15) is 9.59 Å². The summed E-state index contributed by atoms with van der Waals surface area (Å²) in [5.41, 5.74) is 2.52. The molecule has 1 amide bonds. The third kappa shape index (κ3) is 4.74. The van der Waals surface area contributed by atoms with Crippen molar-refractivity contribution in [3.05, 3.63) is 111 Å². The van der Waals surface area contributed by atoms with Crippen LogP contribution in [-0.4, -0.2) is 20.9 Å². The minimum atomic E-state index is -0.485. The number of aromatic nitrogens is 3. The molecule has 0 bridgehead atoms. The van der Waals surface area contributed by atoms with E-state index in [-0.39, 0.29) is 12.5 Å².